The Morgan fingerprint density at radius 1 is 1.44 bits per heavy atom. The van der Waals surface area contributed by atoms with Gasteiger partial charge in [-0.2, -0.15) is 0 Å². The van der Waals surface area contributed by atoms with E-state index in [9.17, 15) is 4.39 Å². The predicted molar refractivity (Wildman–Crippen MR) is 60.4 cm³/mol. The van der Waals surface area contributed by atoms with Crippen molar-refractivity contribution in [2.75, 3.05) is 0 Å². The minimum Gasteiger partial charge on any atom is -0.483 e. The average Bonchev–Trinajstić information content (AvgIpc) is 2.66. The standard InChI is InChI=1S/C10H8ClFN2OS/c1-6-2-3-7(12)8(4-6)15-5-9-13-14-10(11)16-9/h2-4H,5H2,1H3. The fraction of sp³-hybridized carbons (Fsp3) is 0.200. The van der Waals surface area contributed by atoms with Crippen LogP contribution in [0.25, 0.3) is 0 Å². The van der Waals surface area contributed by atoms with E-state index in [0.717, 1.165) is 5.56 Å². The Kier molecular flexibility index (Phi) is 3.36. The molecule has 0 saturated heterocycles. The molecule has 16 heavy (non-hydrogen) atoms. The van der Waals surface area contributed by atoms with Crippen molar-refractivity contribution in [2.24, 2.45) is 0 Å². The molecule has 0 radical (unpaired) electrons. The molecule has 1 heterocycles. The molecule has 0 fully saturated rings. The molecule has 0 bridgehead atoms. The SMILES string of the molecule is Cc1ccc(F)c(OCc2nnc(Cl)s2)c1. The van der Waals surface area contributed by atoms with Crippen LogP contribution in [0.3, 0.4) is 0 Å². The van der Waals surface area contributed by atoms with E-state index in [4.69, 9.17) is 16.3 Å². The van der Waals surface area contributed by atoms with Gasteiger partial charge in [-0.15, -0.1) is 10.2 Å². The maximum absolute atomic E-state index is 13.3. The Morgan fingerprint density at radius 3 is 2.94 bits per heavy atom. The number of rotatable bonds is 3. The second kappa shape index (κ2) is 4.76. The fourth-order valence-electron chi connectivity index (χ4n) is 1.15. The molecule has 0 aliphatic rings. The second-order valence-corrected chi connectivity index (χ2v) is 4.82. The predicted octanol–water partition coefficient (Wildman–Crippen LogP) is 3.22. The first-order chi connectivity index (χ1) is 7.65. The lowest BCUT2D eigenvalue weighted by Crippen LogP contribution is -1.97. The summed E-state index contributed by atoms with van der Waals surface area (Å²) in [5, 5.41) is 8.02. The van der Waals surface area contributed by atoms with Gasteiger partial charge < -0.3 is 4.74 Å². The van der Waals surface area contributed by atoms with Crippen LogP contribution in [0.1, 0.15) is 10.6 Å². The first-order valence-electron chi connectivity index (χ1n) is 4.52. The Labute approximate surface area is 101 Å². The molecule has 6 heteroatoms. The summed E-state index contributed by atoms with van der Waals surface area (Å²) in [7, 11) is 0. The maximum Gasteiger partial charge on any atom is 0.207 e. The van der Waals surface area contributed by atoms with Gasteiger partial charge in [0.25, 0.3) is 0 Å². The van der Waals surface area contributed by atoms with Gasteiger partial charge in [-0.25, -0.2) is 4.39 Å². The number of hydrogen-bond donors (Lipinski definition) is 0. The topological polar surface area (TPSA) is 35.0 Å². The monoisotopic (exact) mass is 258 g/mol. The third kappa shape index (κ3) is 2.68. The van der Waals surface area contributed by atoms with Gasteiger partial charge in [0.2, 0.25) is 4.47 Å². The number of nitrogens with zero attached hydrogens (tertiary/aromatic N) is 2. The van der Waals surface area contributed by atoms with Crippen LogP contribution in [0.5, 0.6) is 5.75 Å². The Bertz CT molecular complexity index is 503. The summed E-state index contributed by atoms with van der Waals surface area (Å²) in [5.41, 5.74) is 0.937. The quantitative estimate of drug-likeness (QED) is 0.848. The van der Waals surface area contributed by atoms with Crippen molar-refractivity contribution in [1.82, 2.24) is 10.2 Å². The summed E-state index contributed by atoms with van der Waals surface area (Å²) in [6.45, 7) is 2.04. The number of aryl methyl sites for hydroxylation is 1. The van der Waals surface area contributed by atoms with Crippen LogP contribution in [0.2, 0.25) is 4.47 Å². The lowest BCUT2D eigenvalue weighted by atomic mass is 10.2. The van der Waals surface area contributed by atoms with Crippen LogP contribution >= 0.6 is 22.9 Å². The molecular formula is C10H8ClFN2OS. The van der Waals surface area contributed by atoms with Crippen molar-refractivity contribution in [1.29, 1.82) is 0 Å². The van der Waals surface area contributed by atoms with E-state index in [0.29, 0.717) is 9.47 Å². The van der Waals surface area contributed by atoms with Gasteiger partial charge in [-0.1, -0.05) is 17.4 Å². The molecule has 2 aromatic rings. The molecule has 0 spiro atoms. The average molecular weight is 259 g/mol. The molecule has 1 aromatic heterocycles. The Morgan fingerprint density at radius 2 is 2.25 bits per heavy atom. The van der Waals surface area contributed by atoms with E-state index in [1.807, 2.05) is 6.92 Å². The molecule has 0 saturated carbocycles. The summed E-state index contributed by atoms with van der Waals surface area (Å²) in [6, 6.07) is 4.69. The zero-order valence-electron chi connectivity index (χ0n) is 8.41. The third-order valence-electron chi connectivity index (χ3n) is 1.88. The molecule has 0 aliphatic carbocycles. The summed E-state index contributed by atoms with van der Waals surface area (Å²) in [6.07, 6.45) is 0. The lowest BCUT2D eigenvalue weighted by Gasteiger charge is -2.05. The van der Waals surface area contributed by atoms with E-state index in [1.165, 1.54) is 17.4 Å². The van der Waals surface area contributed by atoms with Crippen molar-refractivity contribution in [3.8, 4) is 5.75 Å². The molecule has 1 aromatic carbocycles. The number of benzene rings is 1. The van der Waals surface area contributed by atoms with Crippen molar-refractivity contribution >= 4 is 22.9 Å². The van der Waals surface area contributed by atoms with Gasteiger partial charge >= 0.3 is 0 Å². The zero-order chi connectivity index (χ0) is 11.5. The van der Waals surface area contributed by atoms with Gasteiger partial charge in [-0.3, -0.25) is 0 Å². The molecular weight excluding hydrogens is 251 g/mol. The van der Waals surface area contributed by atoms with Gasteiger partial charge in [-0.05, 0) is 36.2 Å². The number of ether oxygens (including phenoxy) is 1. The van der Waals surface area contributed by atoms with E-state index >= 15 is 0 Å². The normalized spacial score (nSPS) is 10.4. The van der Waals surface area contributed by atoms with Crippen LogP contribution in [-0.4, -0.2) is 10.2 Å². The summed E-state index contributed by atoms with van der Waals surface area (Å²) < 4.78 is 18.9. The molecule has 0 atom stereocenters. The number of aromatic nitrogens is 2. The first-order valence-corrected chi connectivity index (χ1v) is 5.71. The van der Waals surface area contributed by atoms with Crippen LogP contribution in [0.4, 0.5) is 4.39 Å². The molecule has 0 unspecified atom stereocenters. The third-order valence-corrected chi connectivity index (χ3v) is 2.87. The largest absolute Gasteiger partial charge is 0.483 e. The second-order valence-electron chi connectivity index (χ2n) is 3.17. The van der Waals surface area contributed by atoms with E-state index in [1.54, 1.807) is 12.1 Å². The molecule has 0 amide bonds. The highest BCUT2D eigenvalue weighted by Gasteiger charge is 2.06. The zero-order valence-corrected chi connectivity index (χ0v) is 9.98. The molecule has 0 N–H and O–H groups in total. The van der Waals surface area contributed by atoms with E-state index < -0.39 is 0 Å². The van der Waals surface area contributed by atoms with Crippen LogP contribution in [0.15, 0.2) is 18.2 Å². The molecule has 3 nitrogen and oxygen atoms in total. The maximum atomic E-state index is 13.3. The van der Waals surface area contributed by atoms with Crippen molar-refractivity contribution < 1.29 is 9.13 Å². The molecule has 0 aliphatic heterocycles. The summed E-state index contributed by atoms with van der Waals surface area (Å²) in [4.78, 5) is 0. The smallest absolute Gasteiger partial charge is 0.207 e. The Hall–Kier alpha value is -1.20. The minimum absolute atomic E-state index is 0.171. The van der Waals surface area contributed by atoms with Crippen LogP contribution in [-0.2, 0) is 6.61 Å². The summed E-state index contributed by atoms with van der Waals surface area (Å²) >= 11 is 6.83. The highest BCUT2D eigenvalue weighted by atomic mass is 35.5. The van der Waals surface area contributed by atoms with Gasteiger partial charge in [0, 0.05) is 0 Å². The van der Waals surface area contributed by atoms with Crippen molar-refractivity contribution in [3.05, 3.63) is 39.1 Å². The number of halogens is 2. The van der Waals surface area contributed by atoms with Gasteiger partial charge in [0.1, 0.15) is 6.61 Å². The van der Waals surface area contributed by atoms with Crippen LogP contribution < -0.4 is 4.74 Å². The Balaban J connectivity index is 2.07. The summed E-state index contributed by atoms with van der Waals surface area (Å²) in [5.74, 6) is -0.174. The van der Waals surface area contributed by atoms with Gasteiger partial charge in [0.15, 0.2) is 16.6 Å². The lowest BCUT2D eigenvalue weighted by molar-refractivity contribution is 0.288. The van der Waals surface area contributed by atoms with Crippen LogP contribution in [0, 0.1) is 12.7 Å². The fourth-order valence-corrected chi connectivity index (χ4v) is 1.93. The first kappa shape index (κ1) is 11.3. The molecule has 2 rings (SSSR count). The minimum atomic E-state index is -0.388. The van der Waals surface area contributed by atoms with E-state index in [2.05, 4.69) is 10.2 Å². The van der Waals surface area contributed by atoms with Crippen molar-refractivity contribution in [3.63, 3.8) is 0 Å². The molecule has 84 valence electrons. The van der Waals surface area contributed by atoms with E-state index in [-0.39, 0.29) is 18.2 Å². The van der Waals surface area contributed by atoms with Crippen molar-refractivity contribution in [2.45, 2.75) is 13.5 Å². The number of hydrogen-bond acceptors (Lipinski definition) is 4. The van der Waals surface area contributed by atoms with Gasteiger partial charge in [0.05, 0.1) is 0 Å². The highest BCUT2D eigenvalue weighted by molar-refractivity contribution is 7.15. The highest BCUT2D eigenvalue weighted by Crippen LogP contribution is 2.21.